The monoisotopic (exact) mass is 275 g/mol. The lowest BCUT2D eigenvalue weighted by Crippen LogP contribution is -2.32. The molecule has 20 heavy (non-hydrogen) atoms. The second-order valence-electron chi connectivity index (χ2n) is 6.89. The summed E-state index contributed by atoms with van der Waals surface area (Å²) in [5.74, 6) is 0.870. The van der Waals surface area contributed by atoms with Crippen molar-refractivity contribution >= 4 is 5.69 Å². The maximum atomic E-state index is 9.19. The van der Waals surface area contributed by atoms with Gasteiger partial charge in [0.2, 0.25) is 0 Å². The van der Waals surface area contributed by atoms with Gasteiger partial charge in [-0.05, 0) is 54.7 Å². The van der Waals surface area contributed by atoms with Crippen LogP contribution in [-0.4, -0.2) is 11.1 Å². The number of rotatable bonds is 5. The van der Waals surface area contributed by atoms with Gasteiger partial charge in [-0.2, -0.15) is 0 Å². The molecule has 1 aliphatic carbocycles. The number of benzene rings is 1. The fourth-order valence-corrected chi connectivity index (χ4v) is 3.30. The number of hydrogen-bond acceptors (Lipinski definition) is 2. The minimum absolute atomic E-state index is 0.118. The maximum absolute atomic E-state index is 9.19. The Labute approximate surface area is 123 Å². The molecule has 1 saturated carbocycles. The first-order chi connectivity index (χ1) is 9.55. The lowest BCUT2D eigenvalue weighted by molar-refractivity contribution is 0.147. The Morgan fingerprint density at radius 3 is 2.50 bits per heavy atom. The van der Waals surface area contributed by atoms with Gasteiger partial charge in [0.25, 0.3) is 0 Å². The van der Waals surface area contributed by atoms with Gasteiger partial charge in [-0.15, -0.1) is 0 Å². The van der Waals surface area contributed by atoms with Gasteiger partial charge in [0.1, 0.15) is 0 Å². The third-order valence-corrected chi connectivity index (χ3v) is 5.22. The predicted molar refractivity (Wildman–Crippen MR) is 85.8 cm³/mol. The molecule has 0 amide bonds. The van der Waals surface area contributed by atoms with E-state index in [1.807, 2.05) is 12.1 Å². The standard InChI is InChI=1S/C18H29NO/c1-4-18(2,3)15-8-10-16(11-9-15)19-17-7-5-6-14(12-17)13-20/h5-7,12,15-16,19-20H,4,8-11,13H2,1-3H3. The first kappa shape index (κ1) is 15.4. The van der Waals surface area contributed by atoms with Crippen molar-refractivity contribution in [2.75, 3.05) is 5.32 Å². The first-order valence-corrected chi connectivity index (χ1v) is 8.01. The van der Waals surface area contributed by atoms with E-state index >= 15 is 0 Å². The highest BCUT2D eigenvalue weighted by Crippen LogP contribution is 2.40. The Balaban J connectivity index is 1.88. The molecule has 0 aromatic heterocycles. The molecule has 1 aromatic rings. The molecule has 1 fully saturated rings. The van der Waals surface area contributed by atoms with Crippen LogP contribution >= 0.6 is 0 Å². The lowest BCUT2D eigenvalue weighted by atomic mass is 9.69. The van der Waals surface area contributed by atoms with Crippen molar-refractivity contribution in [3.63, 3.8) is 0 Å². The van der Waals surface area contributed by atoms with Crippen molar-refractivity contribution in [3.05, 3.63) is 29.8 Å². The van der Waals surface area contributed by atoms with Crippen LogP contribution in [0.3, 0.4) is 0 Å². The second-order valence-corrected chi connectivity index (χ2v) is 6.89. The van der Waals surface area contributed by atoms with Gasteiger partial charge in [-0.3, -0.25) is 0 Å². The van der Waals surface area contributed by atoms with E-state index in [9.17, 15) is 5.11 Å². The number of aliphatic hydroxyl groups excluding tert-OH is 1. The average molecular weight is 275 g/mol. The zero-order chi connectivity index (χ0) is 14.6. The molecular weight excluding hydrogens is 246 g/mol. The molecule has 0 spiro atoms. The Hall–Kier alpha value is -1.02. The summed E-state index contributed by atoms with van der Waals surface area (Å²) in [4.78, 5) is 0. The highest BCUT2D eigenvalue weighted by Gasteiger charge is 2.31. The van der Waals surface area contributed by atoms with E-state index in [0.717, 1.165) is 17.2 Å². The summed E-state index contributed by atoms with van der Waals surface area (Å²) in [5.41, 5.74) is 2.62. The summed E-state index contributed by atoms with van der Waals surface area (Å²) in [6.45, 7) is 7.25. The Morgan fingerprint density at radius 2 is 1.90 bits per heavy atom. The van der Waals surface area contributed by atoms with Crippen LogP contribution in [0, 0.1) is 11.3 Å². The summed E-state index contributed by atoms with van der Waals surface area (Å²) in [6, 6.07) is 8.72. The van der Waals surface area contributed by atoms with Crippen molar-refractivity contribution in [1.29, 1.82) is 0 Å². The zero-order valence-electron chi connectivity index (χ0n) is 13.2. The van der Waals surface area contributed by atoms with Crippen LogP contribution in [0.2, 0.25) is 0 Å². The fraction of sp³-hybridized carbons (Fsp3) is 0.667. The van der Waals surface area contributed by atoms with Gasteiger partial charge in [0.15, 0.2) is 0 Å². The summed E-state index contributed by atoms with van der Waals surface area (Å²) in [5, 5.41) is 12.8. The summed E-state index contributed by atoms with van der Waals surface area (Å²) >= 11 is 0. The van der Waals surface area contributed by atoms with Crippen LogP contribution in [0.15, 0.2) is 24.3 Å². The summed E-state index contributed by atoms with van der Waals surface area (Å²) in [7, 11) is 0. The van der Waals surface area contributed by atoms with E-state index in [2.05, 4.69) is 38.2 Å². The molecule has 2 rings (SSSR count). The van der Waals surface area contributed by atoms with E-state index in [1.54, 1.807) is 0 Å². The van der Waals surface area contributed by atoms with E-state index in [-0.39, 0.29) is 6.61 Å². The van der Waals surface area contributed by atoms with Gasteiger partial charge in [0.05, 0.1) is 6.61 Å². The van der Waals surface area contributed by atoms with E-state index < -0.39 is 0 Å². The topological polar surface area (TPSA) is 32.3 Å². The SMILES string of the molecule is CCC(C)(C)C1CCC(Nc2cccc(CO)c2)CC1. The largest absolute Gasteiger partial charge is 0.392 e. The molecule has 0 bridgehead atoms. The van der Waals surface area contributed by atoms with Gasteiger partial charge in [0, 0.05) is 11.7 Å². The lowest BCUT2D eigenvalue weighted by Gasteiger charge is -2.39. The highest BCUT2D eigenvalue weighted by molar-refractivity contribution is 5.46. The third kappa shape index (κ3) is 3.76. The molecule has 2 N–H and O–H groups in total. The number of anilines is 1. The maximum Gasteiger partial charge on any atom is 0.0682 e. The van der Waals surface area contributed by atoms with E-state index in [0.29, 0.717) is 11.5 Å². The molecule has 1 aliphatic rings. The summed E-state index contributed by atoms with van der Waals surface area (Å²) in [6.07, 6.45) is 6.46. The average Bonchev–Trinajstić information content (AvgIpc) is 2.48. The van der Waals surface area contributed by atoms with Crippen molar-refractivity contribution in [1.82, 2.24) is 0 Å². The van der Waals surface area contributed by atoms with Gasteiger partial charge < -0.3 is 10.4 Å². The Kier molecular flexibility index (Phi) is 5.09. The van der Waals surface area contributed by atoms with Gasteiger partial charge in [-0.1, -0.05) is 39.3 Å². The van der Waals surface area contributed by atoms with Crippen LogP contribution in [0.5, 0.6) is 0 Å². The second kappa shape index (κ2) is 6.62. The van der Waals surface area contributed by atoms with Gasteiger partial charge in [-0.25, -0.2) is 0 Å². The first-order valence-electron chi connectivity index (χ1n) is 8.01. The minimum Gasteiger partial charge on any atom is -0.392 e. The number of nitrogens with one attached hydrogen (secondary N) is 1. The fourth-order valence-electron chi connectivity index (χ4n) is 3.30. The Bertz CT molecular complexity index is 419. The molecule has 0 radical (unpaired) electrons. The Morgan fingerprint density at radius 1 is 1.20 bits per heavy atom. The van der Waals surface area contributed by atoms with Crippen LogP contribution in [0.25, 0.3) is 0 Å². The molecule has 2 nitrogen and oxygen atoms in total. The number of aliphatic hydroxyl groups is 1. The molecule has 2 heteroatoms. The van der Waals surface area contributed by atoms with E-state index in [1.165, 1.54) is 32.1 Å². The van der Waals surface area contributed by atoms with E-state index in [4.69, 9.17) is 0 Å². The minimum atomic E-state index is 0.118. The molecule has 0 atom stereocenters. The molecular formula is C18H29NO. The smallest absolute Gasteiger partial charge is 0.0682 e. The van der Waals surface area contributed by atoms with Crippen molar-refractivity contribution in [2.45, 2.75) is 65.5 Å². The molecule has 0 unspecified atom stereocenters. The summed E-state index contributed by atoms with van der Waals surface area (Å²) < 4.78 is 0. The van der Waals surface area contributed by atoms with Crippen molar-refractivity contribution in [3.8, 4) is 0 Å². The highest BCUT2D eigenvalue weighted by atomic mass is 16.3. The van der Waals surface area contributed by atoms with Crippen molar-refractivity contribution in [2.24, 2.45) is 11.3 Å². The molecule has 0 heterocycles. The quantitative estimate of drug-likeness (QED) is 0.824. The molecule has 112 valence electrons. The molecule has 0 aliphatic heterocycles. The predicted octanol–water partition coefficient (Wildman–Crippen LogP) is 4.59. The van der Waals surface area contributed by atoms with Crippen LogP contribution in [-0.2, 0) is 6.61 Å². The number of hydrogen-bond donors (Lipinski definition) is 2. The van der Waals surface area contributed by atoms with Crippen LogP contribution in [0.4, 0.5) is 5.69 Å². The third-order valence-electron chi connectivity index (χ3n) is 5.22. The van der Waals surface area contributed by atoms with Crippen LogP contribution < -0.4 is 5.32 Å². The molecule has 0 saturated heterocycles. The zero-order valence-corrected chi connectivity index (χ0v) is 13.2. The molecule has 1 aromatic carbocycles. The van der Waals surface area contributed by atoms with Crippen LogP contribution in [0.1, 0.15) is 58.4 Å². The van der Waals surface area contributed by atoms with Crippen molar-refractivity contribution < 1.29 is 5.11 Å². The normalized spacial score (nSPS) is 23.6. The van der Waals surface area contributed by atoms with Gasteiger partial charge >= 0.3 is 0 Å².